The lowest BCUT2D eigenvalue weighted by Crippen LogP contribution is -2.31. The van der Waals surface area contributed by atoms with Gasteiger partial charge in [0, 0.05) is 22.3 Å². The summed E-state index contributed by atoms with van der Waals surface area (Å²) in [7, 11) is 0. The summed E-state index contributed by atoms with van der Waals surface area (Å²) in [4.78, 5) is 22.9. The summed E-state index contributed by atoms with van der Waals surface area (Å²) in [6, 6.07) is 10.2. The van der Waals surface area contributed by atoms with Crippen LogP contribution in [0.25, 0.3) is 0 Å². The van der Waals surface area contributed by atoms with Crippen molar-refractivity contribution in [3.05, 3.63) is 58.7 Å². The molecular weight excluding hydrogens is 339 g/mol. The van der Waals surface area contributed by atoms with E-state index in [9.17, 15) is 9.59 Å². The highest BCUT2D eigenvalue weighted by molar-refractivity contribution is 6.68. The summed E-state index contributed by atoms with van der Waals surface area (Å²) in [6.45, 7) is 0.740. The fourth-order valence-corrected chi connectivity index (χ4v) is 3.44. The normalized spacial score (nSPS) is 16.4. The molecule has 2 aromatic carbocycles. The molecule has 2 heterocycles. The Morgan fingerprint density at radius 1 is 0.826 bits per heavy atom. The molecule has 116 valence electrons. The van der Waals surface area contributed by atoms with Crippen LogP contribution in [0.4, 0.5) is 0 Å². The van der Waals surface area contributed by atoms with Gasteiger partial charge in [-0.05, 0) is 59.6 Å². The van der Waals surface area contributed by atoms with Gasteiger partial charge in [-0.15, -0.1) is 0 Å². The van der Waals surface area contributed by atoms with E-state index in [1.165, 1.54) is 0 Å². The van der Waals surface area contributed by atoms with E-state index in [2.05, 4.69) is 0 Å². The van der Waals surface area contributed by atoms with Crippen LogP contribution in [0, 0.1) is 0 Å². The van der Waals surface area contributed by atoms with E-state index in [1.807, 2.05) is 0 Å². The molecule has 0 bridgehead atoms. The van der Waals surface area contributed by atoms with Crippen molar-refractivity contribution in [3.63, 3.8) is 0 Å². The summed E-state index contributed by atoms with van der Waals surface area (Å²) >= 11 is 11.2. The van der Waals surface area contributed by atoms with Crippen molar-refractivity contribution in [2.45, 2.75) is 5.41 Å². The maximum Gasteiger partial charge on any atom is 0.252 e. The highest BCUT2D eigenvalue weighted by atomic mass is 35.5. The first-order chi connectivity index (χ1) is 11.0. The Morgan fingerprint density at radius 3 is 1.65 bits per heavy atom. The van der Waals surface area contributed by atoms with Crippen LogP contribution >= 0.6 is 23.2 Å². The molecule has 0 atom stereocenters. The summed E-state index contributed by atoms with van der Waals surface area (Å²) in [6.07, 6.45) is 0. The van der Waals surface area contributed by atoms with Gasteiger partial charge in [0.25, 0.3) is 10.5 Å². The molecule has 2 aliphatic heterocycles. The topological polar surface area (TPSA) is 52.6 Å². The largest absolute Gasteiger partial charge is 0.492 e. The average Bonchev–Trinajstić information content (AvgIpc) is 3.10. The van der Waals surface area contributed by atoms with Gasteiger partial charge in [0.1, 0.15) is 24.7 Å². The first kappa shape index (κ1) is 14.5. The fraction of sp³-hybridized carbons (Fsp3) is 0.176. The Hall–Kier alpha value is -2.04. The minimum atomic E-state index is -0.560. The zero-order valence-electron chi connectivity index (χ0n) is 11.8. The quantitative estimate of drug-likeness (QED) is 0.779. The van der Waals surface area contributed by atoms with Gasteiger partial charge in [-0.3, -0.25) is 9.59 Å². The van der Waals surface area contributed by atoms with Crippen LogP contribution in [0.1, 0.15) is 31.8 Å². The Kier molecular flexibility index (Phi) is 3.15. The highest BCUT2D eigenvalue weighted by Gasteiger charge is 2.49. The maximum atomic E-state index is 11.5. The van der Waals surface area contributed by atoms with Crippen LogP contribution in [0.15, 0.2) is 36.4 Å². The second kappa shape index (κ2) is 4.98. The molecule has 1 spiro atoms. The van der Waals surface area contributed by atoms with E-state index >= 15 is 0 Å². The second-order valence-electron chi connectivity index (χ2n) is 5.63. The monoisotopic (exact) mass is 348 g/mol. The molecule has 0 N–H and O–H groups in total. The lowest BCUT2D eigenvalue weighted by molar-refractivity contribution is 0.107. The van der Waals surface area contributed by atoms with Gasteiger partial charge in [-0.25, -0.2) is 0 Å². The van der Waals surface area contributed by atoms with E-state index in [4.69, 9.17) is 32.7 Å². The molecule has 6 heteroatoms. The SMILES string of the molecule is O=C(Cl)c1ccc2c(c1)C1(CO2)COc2ccc(C(=O)Cl)cc21. The molecule has 0 radical (unpaired) electrons. The van der Waals surface area contributed by atoms with Crippen LogP contribution in [0.2, 0.25) is 0 Å². The Morgan fingerprint density at radius 2 is 1.26 bits per heavy atom. The molecule has 0 aliphatic carbocycles. The third-order valence-corrected chi connectivity index (χ3v) is 4.83. The summed E-state index contributed by atoms with van der Waals surface area (Å²) < 4.78 is 11.6. The van der Waals surface area contributed by atoms with Gasteiger partial charge >= 0.3 is 0 Å². The van der Waals surface area contributed by atoms with Gasteiger partial charge in [0.2, 0.25) is 0 Å². The Balaban J connectivity index is 1.91. The molecule has 0 fully saturated rings. The molecule has 0 saturated carbocycles. The third-order valence-electron chi connectivity index (χ3n) is 4.39. The van der Waals surface area contributed by atoms with Crippen molar-refractivity contribution in [2.75, 3.05) is 13.2 Å². The van der Waals surface area contributed by atoms with E-state index in [1.54, 1.807) is 36.4 Å². The van der Waals surface area contributed by atoms with Crippen molar-refractivity contribution >= 4 is 33.7 Å². The van der Waals surface area contributed by atoms with Crippen LogP contribution in [-0.2, 0) is 5.41 Å². The van der Waals surface area contributed by atoms with Crippen molar-refractivity contribution in [3.8, 4) is 11.5 Å². The van der Waals surface area contributed by atoms with Crippen molar-refractivity contribution in [1.82, 2.24) is 0 Å². The predicted octanol–water partition coefficient (Wildman–Crippen LogP) is 3.52. The van der Waals surface area contributed by atoms with E-state index < -0.39 is 15.9 Å². The second-order valence-corrected chi connectivity index (χ2v) is 6.32. The number of benzene rings is 2. The molecule has 4 rings (SSSR count). The molecule has 0 unspecified atom stereocenters. The number of carbonyl (C=O) groups is 2. The maximum absolute atomic E-state index is 11.5. The third kappa shape index (κ3) is 2.06. The number of rotatable bonds is 2. The summed E-state index contributed by atoms with van der Waals surface area (Å²) in [5.41, 5.74) is 1.90. The Bertz CT molecular complexity index is 788. The molecule has 0 aromatic heterocycles. The minimum Gasteiger partial charge on any atom is -0.492 e. The number of ether oxygens (including phenoxy) is 2. The summed E-state index contributed by atoms with van der Waals surface area (Å²) in [5, 5.41) is -1.06. The number of fused-ring (bicyclic) bond motifs is 4. The van der Waals surface area contributed by atoms with Crippen LogP contribution in [-0.4, -0.2) is 23.7 Å². The lowest BCUT2D eigenvalue weighted by Gasteiger charge is -2.21. The zero-order chi connectivity index (χ0) is 16.2. The minimum absolute atomic E-state index is 0.370. The molecule has 0 saturated heterocycles. The number of carbonyl (C=O) groups excluding carboxylic acids is 2. The number of halogens is 2. The van der Waals surface area contributed by atoms with Crippen molar-refractivity contribution in [1.29, 1.82) is 0 Å². The first-order valence-electron chi connectivity index (χ1n) is 6.95. The highest BCUT2D eigenvalue weighted by Crippen LogP contribution is 2.50. The molecular formula is C17H10Cl2O4. The average molecular weight is 349 g/mol. The zero-order valence-corrected chi connectivity index (χ0v) is 13.3. The molecule has 0 amide bonds. The summed E-state index contributed by atoms with van der Waals surface area (Å²) in [5.74, 6) is 1.37. The molecule has 4 nitrogen and oxygen atoms in total. The van der Waals surface area contributed by atoms with Crippen molar-refractivity contribution in [2.24, 2.45) is 0 Å². The standard InChI is InChI=1S/C17H10Cl2O4/c18-15(20)9-1-3-13-11(5-9)17(7-22-13)8-23-14-4-2-10(16(19)21)6-12(14)17/h1-6H,7-8H2. The smallest absolute Gasteiger partial charge is 0.252 e. The number of hydrogen-bond donors (Lipinski definition) is 0. The molecule has 2 aliphatic rings. The first-order valence-corrected chi connectivity index (χ1v) is 7.71. The number of hydrogen-bond acceptors (Lipinski definition) is 4. The van der Waals surface area contributed by atoms with Gasteiger partial charge in [-0.1, -0.05) is 0 Å². The van der Waals surface area contributed by atoms with E-state index in [-0.39, 0.29) is 0 Å². The lowest BCUT2D eigenvalue weighted by atomic mass is 9.77. The Labute approximate surface area is 141 Å². The predicted molar refractivity (Wildman–Crippen MR) is 85.0 cm³/mol. The molecule has 23 heavy (non-hydrogen) atoms. The van der Waals surface area contributed by atoms with Crippen LogP contribution < -0.4 is 9.47 Å². The molecule has 2 aromatic rings. The fourth-order valence-electron chi connectivity index (χ4n) is 3.20. The van der Waals surface area contributed by atoms with E-state index in [0.717, 1.165) is 11.1 Å². The van der Waals surface area contributed by atoms with Crippen LogP contribution in [0.3, 0.4) is 0 Å². The van der Waals surface area contributed by atoms with E-state index in [0.29, 0.717) is 35.8 Å². The van der Waals surface area contributed by atoms with Crippen LogP contribution in [0.5, 0.6) is 11.5 Å². The van der Waals surface area contributed by atoms with Gasteiger partial charge in [0.15, 0.2) is 0 Å². The van der Waals surface area contributed by atoms with Gasteiger partial charge in [-0.2, -0.15) is 0 Å². The van der Waals surface area contributed by atoms with Gasteiger partial charge in [0.05, 0.1) is 5.41 Å². The van der Waals surface area contributed by atoms with Gasteiger partial charge < -0.3 is 9.47 Å². The van der Waals surface area contributed by atoms with Crippen molar-refractivity contribution < 1.29 is 19.1 Å².